The van der Waals surface area contributed by atoms with Gasteiger partial charge in [0.2, 0.25) is 0 Å². The molecule has 1 fully saturated rings. The topological polar surface area (TPSA) is 52.7 Å². The van der Waals surface area contributed by atoms with Gasteiger partial charge in [0.05, 0.1) is 4.90 Å². The van der Waals surface area contributed by atoms with Gasteiger partial charge in [-0.25, -0.2) is 4.21 Å². The van der Waals surface area contributed by atoms with Crippen LogP contribution in [0.2, 0.25) is 0 Å². The molecule has 0 radical (unpaired) electrons. The molecule has 0 bridgehead atoms. The lowest BCUT2D eigenvalue weighted by Crippen LogP contribution is -2.49. The third-order valence-electron chi connectivity index (χ3n) is 6.86. The number of carbonyl (C=O) groups excluding carboxylic acids is 1. The maximum atomic E-state index is 13.4. The van der Waals surface area contributed by atoms with Gasteiger partial charge in [0.15, 0.2) is 0 Å². The summed E-state index contributed by atoms with van der Waals surface area (Å²) in [7, 11) is -1.44. The monoisotopic (exact) mass is 503 g/mol. The molecule has 4 rings (SSSR count). The second-order valence-corrected chi connectivity index (χ2v) is 10.7. The number of anilines is 1. The van der Waals surface area contributed by atoms with Crippen LogP contribution in [0, 0.1) is 6.92 Å². The zero-order valence-electron chi connectivity index (χ0n) is 21.4. The standard InChI is InChI=1S/C30H37N3O2S/c1-3-4-8-26-12-14-27(15-13-26)31-36(35)28-16-11-24(2)29(23-28)30(34)33-21-19-32(20-22-33)18-17-25-9-6-5-7-10-25/h5-7,9-16,23,31H,3-4,8,17-22H2,1-2H3. The van der Waals surface area contributed by atoms with Crippen molar-refractivity contribution >= 4 is 22.6 Å². The van der Waals surface area contributed by atoms with Gasteiger partial charge in [0.1, 0.15) is 11.0 Å². The van der Waals surface area contributed by atoms with Gasteiger partial charge in [-0.3, -0.25) is 9.69 Å². The predicted octanol–water partition coefficient (Wildman–Crippen LogP) is 5.47. The van der Waals surface area contributed by atoms with Gasteiger partial charge >= 0.3 is 0 Å². The molecule has 1 unspecified atom stereocenters. The third-order valence-corrected chi connectivity index (χ3v) is 7.96. The lowest BCUT2D eigenvalue weighted by molar-refractivity contribution is 0.0637. The fourth-order valence-corrected chi connectivity index (χ4v) is 5.39. The second kappa shape index (κ2) is 12.8. The Hall–Kier alpha value is -2.96. The number of hydrogen-bond acceptors (Lipinski definition) is 3. The molecule has 3 aromatic carbocycles. The molecule has 3 aromatic rings. The zero-order chi connectivity index (χ0) is 25.3. The highest BCUT2D eigenvalue weighted by Gasteiger charge is 2.23. The minimum atomic E-state index is -1.44. The molecule has 5 nitrogen and oxygen atoms in total. The van der Waals surface area contributed by atoms with Crippen molar-refractivity contribution in [3.63, 3.8) is 0 Å². The number of amides is 1. The Balaban J connectivity index is 1.33. The average Bonchev–Trinajstić information content (AvgIpc) is 2.92. The van der Waals surface area contributed by atoms with E-state index in [-0.39, 0.29) is 5.91 Å². The van der Waals surface area contributed by atoms with E-state index in [9.17, 15) is 9.00 Å². The zero-order valence-corrected chi connectivity index (χ0v) is 22.2. The van der Waals surface area contributed by atoms with Crippen LogP contribution in [0.25, 0.3) is 0 Å². The molecule has 0 spiro atoms. The quantitative estimate of drug-likeness (QED) is 0.399. The number of nitrogens with zero attached hydrogens (tertiary/aromatic N) is 2. The van der Waals surface area contributed by atoms with Gasteiger partial charge in [0, 0.05) is 44.0 Å². The van der Waals surface area contributed by atoms with E-state index in [0.29, 0.717) is 23.5 Å². The van der Waals surface area contributed by atoms with E-state index in [2.05, 4.69) is 52.9 Å². The first-order valence-corrected chi connectivity index (χ1v) is 14.1. The summed E-state index contributed by atoms with van der Waals surface area (Å²) in [5.41, 5.74) is 4.99. The van der Waals surface area contributed by atoms with Crippen molar-refractivity contribution in [3.05, 3.63) is 95.1 Å². The normalized spacial score (nSPS) is 15.0. The van der Waals surface area contributed by atoms with Crippen LogP contribution in [-0.2, 0) is 23.8 Å². The van der Waals surface area contributed by atoms with E-state index in [1.165, 1.54) is 24.0 Å². The van der Waals surface area contributed by atoms with Crippen molar-refractivity contribution in [2.75, 3.05) is 37.4 Å². The maximum Gasteiger partial charge on any atom is 0.254 e. The number of unbranched alkanes of at least 4 members (excludes halogenated alkanes) is 1. The van der Waals surface area contributed by atoms with E-state index in [1.807, 2.05) is 42.2 Å². The number of piperazine rings is 1. The molecule has 0 aliphatic carbocycles. The van der Waals surface area contributed by atoms with Gasteiger partial charge in [0.25, 0.3) is 5.91 Å². The Bertz CT molecular complexity index is 1160. The van der Waals surface area contributed by atoms with Gasteiger partial charge in [-0.05, 0) is 67.1 Å². The molecule has 1 N–H and O–H groups in total. The van der Waals surface area contributed by atoms with Gasteiger partial charge in [-0.2, -0.15) is 0 Å². The van der Waals surface area contributed by atoms with Crippen LogP contribution in [0.5, 0.6) is 0 Å². The largest absolute Gasteiger partial charge is 0.336 e. The Morgan fingerprint density at radius 2 is 1.58 bits per heavy atom. The van der Waals surface area contributed by atoms with Gasteiger partial charge < -0.3 is 9.62 Å². The summed E-state index contributed by atoms with van der Waals surface area (Å²) < 4.78 is 16.1. The van der Waals surface area contributed by atoms with E-state index < -0.39 is 11.0 Å². The van der Waals surface area contributed by atoms with Crippen molar-refractivity contribution in [1.82, 2.24) is 9.80 Å². The molecule has 1 saturated heterocycles. The van der Waals surface area contributed by atoms with Crippen LogP contribution >= 0.6 is 0 Å². The van der Waals surface area contributed by atoms with Crippen molar-refractivity contribution in [3.8, 4) is 0 Å². The van der Waals surface area contributed by atoms with Crippen LogP contribution in [0.15, 0.2) is 77.7 Å². The fraction of sp³-hybridized carbons (Fsp3) is 0.367. The Morgan fingerprint density at radius 1 is 0.889 bits per heavy atom. The van der Waals surface area contributed by atoms with Crippen LogP contribution in [0.3, 0.4) is 0 Å². The number of hydrogen-bond donors (Lipinski definition) is 1. The number of benzene rings is 3. The number of rotatable bonds is 10. The predicted molar refractivity (Wildman–Crippen MR) is 149 cm³/mol. The van der Waals surface area contributed by atoms with E-state index >= 15 is 0 Å². The lowest BCUT2D eigenvalue weighted by atomic mass is 10.1. The van der Waals surface area contributed by atoms with Crippen LogP contribution in [0.1, 0.15) is 46.8 Å². The molecule has 1 aliphatic rings. The summed E-state index contributed by atoms with van der Waals surface area (Å²) in [5.74, 6) is 0.0225. The Kier molecular flexibility index (Phi) is 9.31. The fourth-order valence-electron chi connectivity index (χ4n) is 4.51. The smallest absolute Gasteiger partial charge is 0.254 e. The third kappa shape index (κ3) is 7.05. The molecular weight excluding hydrogens is 466 g/mol. The highest BCUT2D eigenvalue weighted by atomic mass is 32.2. The molecular formula is C30H37N3O2S. The van der Waals surface area contributed by atoms with E-state index in [4.69, 9.17) is 0 Å². The number of nitrogens with one attached hydrogen (secondary N) is 1. The van der Waals surface area contributed by atoms with Crippen molar-refractivity contribution in [2.24, 2.45) is 0 Å². The van der Waals surface area contributed by atoms with E-state index in [0.717, 1.165) is 43.7 Å². The Labute approximate surface area is 218 Å². The molecule has 1 aliphatic heterocycles. The van der Waals surface area contributed by atoms with Crippen LogP contribution < -0.4 is 4.72 Å². The molecule has 1 amide bonds. The first-order chi connectivity index (χ1) is 17.5. The molecule has 36 heavy (non-hydrogen) atoms. The second-order valence-electron chi connectivity index (χ2n) is 9.52. The summed E-state index contributed by atoms with van der Waals surface area (Å²) in [5, 5.41) is 0. The average molecular weight is 504 g/mol. The highest BCUT2D eigenvalue weighted by Crippen LogP contribution is 2.20. The summed E-state index contributed by atoms with van der Waals surface area (Å²) in [6.45, 7) is 8.31. The number of carbonyl (C=O) groups is 1. The van der Waals surface area contributed by atoms with Crippen molar-refractivity contribution < 1.29 is 9.00 Å². The first-order valence-electron chi connectivity index (χ1n) is 13.0. The highest BCUT2D eigenvalue weighted by molar-refractivity contribution is 7.86. The molecule has 0 aromatic heterocycles. The molecule has 0 saturated carbocycles. The lowest BCUT2D eigenvalue weighted by Gasteiger charge is -2.35. The minimum Gasteiger partial charge on any atom is -0.336 e. The Morgan fingerprint density at radius 3 is 2.28 bits per heavy atom. The maximum absolute atomic E-state index is 13.4. The van der Waals surface area contributed by atoms with Gasteiger partial charge in [-0.15, -0.1) is 0 Å². The number of aryl methyl sites for hydroxylation is 2. The van der Waals surface area contributed by atoms with Crippen molar-refractivity contribution in [2.45, 2.75) is 44.4 Å². The van der Waals surface area contributed by atoms with Crippen LogP contribution in [-0.4, -0.2) is 52.6 Å². The summed E-state index contributed by atoms with van der Waals surface area (Å²) in [4.78, 5) is 18.3. The first kappa shape index (κ1) is 26.1. The van der Waals surface area contributed by atoms with Crippen molar-refractivity contribution in [1.29, 1.82) is 0 Å². The SMILES string of the molecule is CCCCc1ccc(NS(=O)c2ccc(C)c(C(=O)N3CCN(CCc4ccccc4)CC3)c2)cc1. The molecule has 1 atom stereocenters. The molecule has 190 valence electrons. The molecule has 1 heterocycles. The van der Waals surface area contributed by atoms with Gasteiger partial charge in [-0.1, -0.05) is 61.9 Å². The summed E-state index contributed by atoms with van der Waals surface area (Å²) >= 11 is 0. The van der Waals surface area contributed by atoms with E-state index in [1.54, 1.807) is 6.07 Å². The van der Waals surface area contributed by atoms with Crippen LogP contribution in [0.4, 0.5) is 5.69 Å². The summed E-state index contributed by atoms with van der Waals surface area (Å²) in [6, 6.07) is 24.2. The summed E-state index contributed by atoms with van der Waals surface area (Å²) in [6.07, 6.45) is 4.42. The minimum absolute atomic E-state index is 0.0225. The molecule has 6 heteroatoms.